The molecule has 1 aromatic rings. The van der Waals surface area contributed by atoms with Crippen LogP contribution in [0.15, 0.2) is 24.3 Å². The van der Waals surface area contributed by atoms with Crippen molar-refractivity contribution in [1.29, 1.82) is 5.26 Å². The van der Waals surface area contributed by atoms with Crippen LogP contribution in [0.4, 0.5) is 5.69 Å². The van der Waals surface area contributed by atoms with Gasteiger partial charge in [0.2, 0.25) is 5.91 Å². The maximum Gasteiger partial charge on any atom is 0.242 e. The molecule has 14 heavy (non-hydrogen) atoms. The lowest BCUT2D eigenvalue weighted by Crippen LogP contribution is -2.20. The highest BCUT2D eigenvalue weighted by Gasteiger charge is 2.08. The number of carbonyl (C=O) groups excluding carboxylic acids is 1. The number of benzene rings is 1. The van der Waals surface area contributed by atoms with Crippen LogP contribution in [0.3, 0.4) is 0 Å². The van der Waals surface area contributed by atoms with E-state index in [1.165, 1.54) is 0 Å². The summed E-state index contributed by atoms with van der Waals surface area (Å²) in [5.41, 5.74) is 1.09. The van der Waals surface area contributed by atoms with E-state index in [1.54, 1.807) is 31.2 Å². The number of hydrogen-bond donors (Lipinski definition) is 1. The maximum absolute atomic E-state index is 11.2. The molecule has 0 aromatic heterocycles. The van der Waals surface area contributed by atoms with Crippen molar-refractivity contribution in [1.82, 2.24) is 0 Å². The molecule has 0 saturated heterocycles. The van der Waals surface area contributed by atoms with E-state index in [0.717, 1.165) is 0 Å². The minimum atomic E-state index is -0.583. The Hall–Kier alpha value is -1.53. The molecule has 0 aliphatic heterocycles. The minimum absolute atomic E-state index is 0.276. The number of nitrogens with zero attached hydrogens (tertiary/aromatic N) is 1. The topological polar surface area (TPSA) is 52.9 Å². The SMILES string of the molecule is CC(Cl)C(=O)Nc1cccc(C#N)c1. The van der Waals surface area contributed by atoms with Crippen LogP contribution >= 0.6 is 11.6 Å². The Morgan fingerprint density at radius 3 is 2.93 bits per heavy atom. The number of nitrogens with one attached hydrogen (secondary N) is 1. The molecule has 1 atom stereocenters. The van der Waals surface area contributed by atoms with Crippen LogP contribution < -0.4 is 5.32 Å². The monoisotopic (exact) mass is 208 g/mol. The third kappa shape index (κ3) is 2.75. The molecule has 1 aromatic carbocycles. The van der Waals surface area contributed by atoms with Crippen LogP contribution in [-0.4, -0.2) is 11.3 Å². The van der Waals surface area contributed by atoms with Crippen molar-refractivity contribution in [2.75, 3.05) is 5.32 Å². The lowest BCUT2D eigenvalue weighted by atomic mass is 10.2. The van der Waals surface area contributed by atoms with E-state index in [1.807, 2.05) is 6.07 Å². The molecular weight excluding hydrogens is 200 g/mol. The van der Waals surface area contributed by atoms with E-state index >= 15 is 0 Å². The van der Waals surface area contributed by atoms with E-state index in [0.29, 0.717) is 11.3 Å². The Morgan fingerprint density at radius 1 is 1.64 bits per heavy atom. The van der Waals surface area contributed by atoms with Crippen molar-refractivity contribution in [2.45, 2.75) is 12.3 Å². The lowest BCUT2D eigenvalue weighted by molar-refractivity contribution is -0.115. The van der Waals surface area contributed by atoms with Gasteiger partial charge in [0, 0.05) is 5.69 Å². The Balaban J connectivity index is 2.78. The molecule has 1 unspecified atom stereocenters. The van der Waals surface area contributed by atoms with Crippen LogP contribution in [0, 0.1) is 11.3 Å². The van der Waals surface area contributed by atoms with E-state index < -0.39 is 5.38 Å². The Labute approximate surface area is 87.3 Å². The number of alkyl halides is 1. The van der Waals surface area contributed by atoms with E-state index in [-0.39, 0.29) is 5.91 Å². The number of rotatable bonds is 2. The molecule has 0 fully saturated rings. The summed E-state index contributed by atoms with van der Waals surface area (Å²) in [6.45, 7) is 1.59. The van der Waals surface area contributed by atoms with Gasteiger partial charge in [-0.15, -0.1) is 11.6 Å². The van der Waals surface area contributed by atoms with Gasteiger partial charge >= 0.3 is 0 Å². The molecule has 1 amide bonds. The van der Waals surface area contributed by atoms with Crippen LogP contribution in [0.25, 0.3) is 0 Å². The molecular formula is C10H9ClN2O. The quantitative estimate of drug-likeness (QED) is 0.757. The number of hydrogen-bond acceptors (Lipinski definition) is 2. The molecule has 1 N–H and O–H groups in total. The van der Waals surface area contributed by atoms with Gasteiger partial charge in [0.15, 0.2) is 0 Å². The minimum Gasteiger partial charge on any atom is -0.325 e. The first-order valence-corrected chi connectivity index (χ1v) is 4.52. The highest BCUT2D eigenvalue weighted by atomic mass is 35.5. The zero-order valence-corrected chi connectivity index (χ0v) is 8.38. The van der Waals surface area contributed by atoms with Crippen molar-refractivity contribution < 1.29 is 4.79 Å². The zero-order valence-electron chi connectivity index (χ0n) is 7.62. The fraction of sp³-hybridized carbons (Fsp3) is 0.200. The molecule has 1 rings (SSSR count). The van der Waals surface area contributed by atoms with Gasteiger partial charge in [-0.1, -0.05) is 6.07 Å². The van der Waals surface area contributed by atoms with Crippen LogP contribution in [0.2, 0.25) is 0 Å². The normalized spacial score (nSPS) is 11.5. The van der Waals surface area contributed by atoms with Gasteiger partial charge in [0.25, 0.3) is 0 Å². The summed E-state index contributed by atoms with van der Waals surface area (Å²) in [7, 11) is 0. The number of nitriles is 1. The molecule has 0 bridgehead atoms. The first-order chi connectivity index (χ1) is 6.63. The summed E-state index contributed by atoms with van der Waals surface area (Å²) < 4.78 is 0. The molecule has 0 saturated carbocycles. The Morgan fingerprint density at radius 2 is 2.36 bits per heavy atom. The predicted octanol–water partition coefficient (Wildman–Crippen LogP) is 2.12. The fourth-order valence-corrected chi connectivity index (χ4v) is 0.963. The molecule has 3 nitrogen and oxygen atoms in total. The average Bonchev–Trinajstić information content (AvgIpc) is 2.18. The molecule has 0 radical (unpaired) electrons. The van der Waals surface area contributed by atoms with E-state index in [2.05, 4.69) is 5.32 Å². The number of carbonyl (C=O) groups is 1. The standard InChI is InChI=1S/C10H9ClN2O/c1-7(11)10(14)13-9-4-2-3-8(5-9)6-12/h2-5,7H,1H3,(H,13,14). The summed E-state index contributed by atoms with van der Waals surface area (Å²) in [6, 6.07) is 8.65. The molecule has 0 aliphatic rings. The van der Waals surface area contributed by atoms with Crippen molar-refractivity contribution in [3.8, 4) is 6.07 Å². The van der Waals surface area contributed by atoms with Gasteiger partial charge in [-0.05, 0) is 25.1 Å². The Bertz CT molecular complexity index is 382. The van der Waals surface area contributed by atoms with Crippen LogP contribution in [0.5, 0.6) is 0 Å². The summed E-state index contributed by atoms with van der Waals surface area (Å²) in [6.07, 6.45) is 0. The number of halogens is 1. The summed E-state index contributed by atoms with van der Waals surface area (Å²) in [5, 5.41) is 10.6. The second-order valence-corrected chi connectivity index (χ2v) is 3.45. The smallest absolute Gasteiger partial charge is 0.242 e. The van der Waals surface area contributed by atoms with Gasteiger partial charge in [-0.3, -0.25) is 4.79 Å². The fourth-order valence-electron chi connectivity index (χ4n) is 0.908. The van der Waals surface area contributed by atoms with Crippen LogP contribution in [-0.2, 0) is 4.79 Å². The van der Waals surface area contributed by atoms with Crippen molar-refractivity contribution in [2.24, 2.45) is 0 Å². The third-order valence-electron chi connectivity index (χ3n) is 1.62. The van der Waals surface area contributed by atoms with Gasteiger partial charge < -0.3 is 5.32 Å². The van der Waals surface area contributed by atoms with Crippen LogP contribution in [0.1, 0.15) is 12.5 Å². The molecule has 72 valence electrons. The number of amides is 1. The van der Waals surface area contributed by atoms with Crippen molar-refractivity contribution in [3.63, 3.8) is 0 Å². The first-order valence-electron chi connectivity index (χ1n) is 4.08. The molecule has 0 aliphatic carbocycles. The summed E-state index contributed by atoms with van der Waals surface area (Å²) in [4.78, 5) is 11.2. The lowest BCUT2D eigenvalue weighted by Gasteiger charge is -2.05. The first kappa shape index (κ1) is 10.6. The molecule has 4 heteroatoms. The second kappa shape index (κ2) is 4.64. The zero-order chi connectivity index (χ0) is 10.6. The van der Waals surface area contributed by atoms with E-state index in [9.17, 15) is 4.79 Å². The average molecular weight is 209 g/mol. The Kier molecular flexibility index (Phi) is 3.49. The van der Waals surface area contributed by atoms with Crippen molar-refractivity contribution in [3.05, 3.63) is 29.8 Å². The highest BCUT2D eigenvalue weighted by Crippen LogP contribution is 2.10. The third-order valence-corrected chi connectivity index (χ3v) is 1.82. The second-order valence-electron chi connectivity index (χ2n) is 2.80. The predicted molar refractivity (Wildman–Crippen MR) is 55.1 cm³/mol. The van der Waals surface area contributed by atoms with Gasteiger partial charge in [0.1, 0.15) is 5.38 Å². The van der Waals surface area contributed by atoms with E-state index in [4.69, 9.17) is 16.9 Å². The van der Waals surface area contributed by atoms with Crippen molar-refractivity contribution >= 4 is 23.2 Å². The van der Waals surface area contributed by atoms with Gasteiger partial charge in [-0.25, -0.2) is 0 Å². The number of anilines is 1. The largest absolute Gasteiger partial charge is 0.325 e. The summed E-state index contributed by atoms with van der Waals surface area (Å²) >= 11 is 5.57. The van der Waals surface area contributed by atoms with Gasteiger partial charge in [-0.2, -0.15) is 5.26 Å². The molecule has 0 heterocycles. The highest BCUT2D eigenvalue weighted by molar-refractivity contribution is 6.32. The van der Waals surface area contributed by atoms with Gasteiger partial charge in [0.05, 0.1) is 11.6 Å². The maximum atomic E-state index is 11.2. The summed E-state index contributed by atoms with van der Waals surface area (Å²) in [5.74, 6) is -0.276. The molecule has 0 spiro atoms.